The molecule has 0 fully saturated rings. The van der Waals surface area contributed by atoms with Crippen LogP contribution in [0.5, 0.6) is 0 Å². The van der Waals surface area contributed by atoms with E-state index in [1.165, 1.54) is 23.9 Å². The molecule has 3 aromatic rings. The number of aromatic nitrogens is 4. The lowest BCUT2D eigenvalue weighted by atomic mass is 10.2. The maximum absolute atomic E-state index is 12.5. The van der Waals surface area contributed by atoms with E-state index in [0.717, 1.165) is 17.7 Å². The maximum atomic E-state index is 12.5. The first-order valence-electron chi connectivity index (χ1n) is 6.99. The van der Waals surface area contributed by atoms with E-state index in [2.05, 4.69) is 15.2 Å². The van der Waals surface area contributed by atoms with Crippen molar-refractivity contribution in [3.8, 4) is 11.4 Å². The summed E-state index contributed by atoms with van der Waals surface area (Å²) in [5, 5.41) is 8.82. The highest BCUT2D eigenvalue weighted by Gasteiger charge is 2.26. The van der Waals surface area contributed by atoms with E-state index in [0.29, 0.717) is 15.9 Å². The molecule has 0 unspecified atom stereocenters. The summed E-state index contributed by atoms with van der Waals surface area (Å²) < 4.78 is 49.7. The molecule has 0 aliphatic heterocycles. The first-order valence-corrected chi connectivity index (χ1v) is 9.35. The van der Waals surface area contributed by atoms with Gasteiger partial charge in [0.25, 0.3) is 0 Å². The van der Waals surface area contributed by atoms with Gasteiger partial charge in [-0.15, -0.1) is 10.2 Å². The van der Waals surface area contributed by atoms with Gasteiger partial charge in [0.1, 0.15) is 0 Å². The lowest BCUT2D eigenvalue weighted by molar-refractivity contribution is 0.234. The summed E-state index contributed by atoms with van der Waals surface area (Å²) in [5.74, 6) is -2.78. The Bertz CT molecular complexity index is 975. The molecule has 0 spiro atoms. The minimum atomic E-state index is -4.59. The summed E-state index contributed by atoms with van der Waals surface area (Å²) in [4.78, 5) is 4.19. The number of benzene rings is 1. The van der Waals surface area contributed by atoms with Crippen LogP contribution in [0, 0.1) is 0 Å². The van der Waals surface area contributed by atoms with Crippen LogP contribution in [0.15, 0.2) is 63.7 Å². The van der Waals surface area contributed by atoms with Gasteiger partial charge in [0.15, 0.2) is 11.0 Å². The highest BCUT2D eigenvalue weighted by molar-refractivity contribution is 7.99. The second-order valence-corrected chi connectivity index (χ2v) is 7.94. The summed E-state index contributed by atoms with van der Waals surface area (Å²) in [7, 11) is -2.79. The van der Waals surface area contributed by atoms with Gasteiger partial charge in [-0.05, 0) is 48.2 Å². The third-order valence-corrected chi connectivity index (χ3v) is 5.81. The minimum absolute atomic E-state index is 0.415. The molecule has 0 aliphatic carbocycles. The molecule has 0 saturated carbocycles. The second-order valence-electron chi connectivity index (χ2n) is 4.98. The predicted molar refractivity (Wildman–Crippen MR) is 88.0 cm³/mol. The fourth-order valence-electron chi connectivity index (χ4n) is 2.06. The average Bonchev–Trinajstić information content (AvgIpc) is 2.97. The van der Waals surface area contributed by atoms with Crippen molar-refractivity contribution < 1.29 is 17.2 Å². The van der Waals surface area contributed by atoms with E-state index < -0.39 is 20.5 Å². The second kappa shape index (κ2) is 6.89. The van der Waals surface area contributed by atoms with Crippen LogP contribution in [-0.2, 0) is 16.9 Å². The molecule has 1 aromatic carbocycles. The maximum Gasteiger partial charge on any atom is 0.341 e. The van der Waals surface area contributed by atoms with Gasteiger partial charge in [-0.3, -0.25) is 4.98 Å². The number of rotatable bonds is 5. The van der Waals surface area contributed by atoms with Gasteiger partial charge in [-0.2, -0.15) is 8.78 Å². The van der Waals surface area contributed by atoms with E-state index in [1.807, 2.05) is 12.1 Å². The Balaban J connectivity index is 1.83. The van der Waals surface area contributed by atoms with Crippen molar-refractivity contribution in [1.82, 2.24) is 19.7 Å². The fraction of sp³-hybridized carbons (Fsp3) is 0.133. The van der Waals surface area contributed by atoms with E-state index in [4.69, 9.17) is 0 Å². The molecule has 3 rings (SSSR count). The van der Waals surface area contributed by atoms with Crippen molar-refractivity contribution >= 4 is 21.6 Å². The van der Waals surface area contributed by atoms with Crippen LogP contribution in [0.4, 0.5) is 8.78 Å². The van der Waals surface area contributed by atoms with Gasteiger partial charge >= 0.3 is 5.76 Å². The zero-order valence-electron chi connectivity index (χ0n) is 12.9. The molecular weight excluding hydrogens is 370 g/mol. The van der Waals surface area contributed by atoms with Gasteiger partial charge < -0.3 is 4.57 Å². The van der Waals surface area contributed by atoms with Crippen LogP contribution in [-0.4, -0.2) is 33.9 Å². The standard InChI is InChI=1S/C15H12F2N4O2S2/c1-21-13(10-6-8-18-9-7-10)19-20-15(21)24-11-2-4-12(5-3-11)25(22,23)14(16)17/h2-9,14H,1H3. The molecule has 0 aliphatic rings. The number of alkyl halides is 2. The van der Waals surface area contributed by atoms with Gasteiger partial charge in [-0.25, -0.2) is 8.42 Å². The molecular formula is C15H12F2N4O2S2. The first-order chi connectivity index (χ1) is 11.9. The summed E-state index contributed by atoms with van der Waals surface area (Å²) >= 11 is 1.25. The Kier molecular flexibility index (Phi) is 4.82. The molecule has 0 saturated heterocycles. The topological polar surface area (TPSA) is 77.7 Å². The summed E-state index contributed by atoms with van der Waals surface area (Å²) in [6.07, 6.45) is 3.30. The van der Waals surface area contributed by atoms with E-state index in [1.54, 1.807) is 24.0 Å². The Morgan fingerprint density at radius 1 is 1.04 bits per heavy atom. The van der Waals surface area contributed by atoms with Crippen LogP contribution in [0.3, 0.4) is 0 Å². The zero-order valence-corrected chi connectivity index (χ0v) is 14.5. The summed E-state index contributed by atoms with van der Waals surface area (Å²) in [6.45, 7) is 0. The predicted octanol–water partition coefficient (Wildman–Crippen LogP) is 3.02. The Labute approximate surface area is 146 Å². The molecule has 6 nitrogen and oxygen atoms in total. The molecule has 0 N–H and O–H groups in total. The summed E-state index contributed by atoms with van der Waals surface area (Å²) in [6, 6.07) is 8.85. The van der Waals surface area contributed by atoms with Crippen molar-refractivity contribution in [2.24, 2.45) is 7.05 Å². The van der Waals surface area contributed by atoms with E-state index in [9.17, 15) is 17.2 Å². The van der Waals surface area contributed by atoms with Crippen molar-refractivity contribution in [2.75, 3.05) is 0 Å². The van der Waals surface area contributed by atoms with Crippen molar-refractivity contribution in [3.63, 3.8) is 0 Å². The largest absolute Gasteiger partial charge is 0.341 e. The quantitative estimate of drug-likeness (QED) is 0.675. The van der Waals surface area contributed by atoms with Gasteiger partial charge in [0.05, 0.1) is 4.90 Å². The molecule has 0 bridgehead atoms. The van der Waals surface area contributed by atoms with E-state index in [-0.39, 0.29) is 0 Å². The van der Waals surface area contributed by atoms with Crippen molar-refractivity contribution in [1.29, 1.82) is 0 Å². The van der Waals surface area contributed by atoms with Gasteiger partial charge in [-0.1, -0.05) is 0 Å². The number of hydrogen-bond donors (Lipinski definition) is 0. The van der Waals surface area contributed by atoms with Gasteiger partial charge in [0.2, 0.25) is 9.84 Å². The third-order valence-electron chi connectivity index (χ3n) is 3.37. The number of nitrogens with zero attached hydrogens (tertiary/aromatic N) is 4. The zero-order chi connectivity index (χ0) is 18.0. The SMILES string of the molecule is Cn1c(Sc2ccc(S(=O)(=O)C(F)F)cc2)nnc1-c1ccncc1. The summed E-state index contributed by atoms with van der Waals surface area (Å²) in [5.41, 5.74) is 0.857. The lowest BCUT2D eigenvalue weighted by Gasteiger charge is -2.05. The fourth-order valence-corrected chi connectivity index (χ4v) is 3.57. The lowest BCUT2D eigenvalue weighted by Crippen LogP contribution is -2.11. The van der Waals surface area contributed by atoms with Crippen LogP contribution < -0.4 is 0 Å². The smallest absolute Gasteiger partial charge is 0.305 e. The number of pyridine rings is 1. The van der Waals surface area contributed by atoms with Gasteiger partial charge in [0, 0.05) is 29.9 Å². The minimum Gasteiger partial charge on any atom is -0.305 e. The highest BCUT2D eigenvalue weighted by atomic mass is 32.2. The molecule has 0 amide bonds. The number of sulfone groups is 1. The van der Waals surface area contributed by atoms with Crippen LogP contribution in [0.25, 0.3) is 11.4 Å². The van der Waals surface area contributed by atoms with E-state index >= 15 is 0 Å². The Morgan fingerprint density at radius 2 is 1.68 bits per heavy atom. The molecule has 25 heavy (non-hydrogen) atoms. The molecule has 130 valence electrons. The van der Waals surface area contributed by atoms with Crippen LogP contribution >= 0.6 is 11.8 Å². The first kappa shape index (κ1) is 17.5. The Morgan fingerprint density at radius 3 is 2.28 bits per heavy atom. The van der Waals surface area contributed by atoms with Crippen LogP contribution in [0.1, 0.15) is 0 Å². The molecule has 10 heteroatoms. The normalized spacial score (nSPS) is 11.8. The number of hydrogen-bond acceptors (Lipinski definition) is 6. The molecule has 2 heterocycles. The molecule has 0 atom stereocenters. The third kappa shape index (κ3) is 3.54. The number of halogens is 2. The monoisotopic (exact) mass is 382 g/mol. The Hall–Kier alpha value is -2.33. The average molecular weight is 382 g/mol. The van der Waals surface area contributed by atoms with Crippen LogP contribution in [0.2, 0.25) is 0 Å². The van der Waals surface area contributed by atoms with Crippen molar-refractivity contribution in [3.05, 3.63) is 48.8 Å². The highest BCUT2D eigenvalue weighted by Crippen LogP contribution is 2.30. The molecule has 2 aromatic heterocycles. The molecule has 0 radical (unpaired) electrons. The van der Waals surface area contributed by atoms with Crippen molar-refractivity contribution in [2.45, 2.75) is 20.7 Å².